The van der Waals surface area contributed by atoms with Crippen LogP contribution < -0.4 is 4.74 Å². The van der Waals surface area contributed by atoms with Crippen LogP contribution in [0.3, 0.4) is 0 Å². The minimum absolute atomic E-state index is 0.181. The largest absolute Gasteiger partial charge is 0.504 e. The van der Waals surface area contributed by atoms with E-state index in [2.05, 4.69) is 13.8 Å². The lowest BCUT2D eigenvalue weighted by atomic mass is 10.3. The normalized spacial score (nSPS) is 8.54. The van der Waals surface area contributed by atoms with Crippen LogP contribution in [0.2, 0.25) is 0 Å². The second kappa shape index (κ2) is 7.47. The van der Waals surface area contributed by atoms with Crippen molar-refractivity contribution in [2.75, 3.05) is 7.11 Å². The van der Waals surface area contributed by atoms with Crippen molar-refractivity contribution in [2.24, 2.45) is 0 Å². The highest BCUT2D eigenvalue weighted by Crippen LogP contribution is 2.22. The quantitative estimate of drug-likeness (QED) is 0.761. The number of unbranched alkanes of at least 4 members (excludes halogenated alkanes) is 1. The van der Waals surface area contributed by atoms with Crippen molar-refractivity contribution in [1.82, 2.24) is 0 Å². The molecular weight excluding hydrogens is 164 g/mol. The molecule has 0 bridgehead atoms. The molecule has 1 aromatic carbocycles. The number of benzene rings is 1. The number of phenolic OH excluding ortho intramolecular Hbond substituents is 1. The van der Waals surface area contributed by atoms with Gasteiger partial charge in [0.25, 0.3) is 0 Å². The lowest BCUT2D eigenvalue weighted by Gasteiger charge is -1.99. The third-order valence-corrected chi connectivity index (χ3v) is 1.59. The zero-order valence-electron chi connectivity index (χ0n) is 8.58. The zero-order valence-corrected chi connectivity index (χ0v) is 8.58. The maximum absolute atomic E-state index is 8.99. The van der Waals surface area contributed by atoms with Gasteiger partial charge in [0.05, 0.1) is 7.11 Å². The molecule has 0 aliphatic heterocycles. The molecule has 0 heterocycles. The molecular formula is C11H18O2. The summed E-state index contributed by atoms with van der Waals surface area (Å²) in [5.74, 6) is 0.692. The Morgan fingerprint density at radius 3 is 2.00 bits per heavy atom. The maximum Gasteiger partial charge on any atom is 0.160 e. The molecule has 0 amide bonds. The minimum atomic E-state index is 0.181. The van der Waals surface area contributed by atoms with E-state index >= 15 is 0 Å². The fourth-order valence-corrected chi connectivity index (χ4v) is 0.630. The molecule has 1 N–H and O–H groups in total. The van der Waals surface area contributed by atoms with Crippen molar-refractivity contribution in [2.45, 2.75) is 26.7 Å². The van der Waals surface area contributed by atoms with E-state index in [1.54, 1.807) is 24.3 Å². The third-order valence-electron chi connectivity index (χ3n) is 1.59. The predicted octanol–water partition coefficient (Wildman–Crippen LogP) is 3.21. The van der Waals surface area contributed by atoms with Gasteiger partial charge in [-0.2, -0.15) is 0 Å². The van der Waals surface area contributed by atoms with Gasteiger partial charge in [-0.15, -0.1) is 0 Å². The highest BCUT2D eigenvalue weighted by molar-refractivity contribution is 5.37. The molecule has 0 fully saturated rings. The number of hydrogen-bond donors (Lipinski definition) is 1. The first kappa shape index (κ1) is 11.8. The van der Waals surface area contributed by atoms with Gasteiger partial charge in [-0.3, -0.25) is 0 Å². The van der Waals surface area contributed by atoms with Crippen LogP contribution in [0, 0.1) is 0 Å². The molecule has 0 saturated carbocycles. The van der Waals surface area contributed by atoms with E-state index in [0.29, 0.717) is 5.75 Å². The number of para-hydroxylation sites is 2. The van der Waals surface area contributed by atoms with Crippen LogP contribution in [-0.4, -0.2) is 12.2 Å². The molecule has 0 atom stereocenters. The van der Waals surface area contributed by atoms with Gasteiger partial charge in [0.1, 0.15) is 0 Å². The molecule has 0 aromatic heterocycles. The van der Waals surface area contributed by atoms with Gasteiger partial charge in [-0.25, -0.2) is 0 Å². The fourth-order valence-electron chi connectivity index (χ4n) is 0.630. The van der Waals surface area contributed by atoms with Crippen LogP contribution in [0.5, 0.6) is 11.5 Å². The Hall–Kier alpha value is -1.18. The summed E-state index contributed by atoms with van der Waals surface area (Å²) in [4.78, 5) is 0. The Balaban J connectivity index is 0.000000310. The predicted molar refractivity (Wildman–Crippen MR) is 55.2 cm³/mol. The Morgan fingerprint density at radius 2 is 1.69 bits per heavy atom. The van der Waals surface area contributed by atoms with Crippen molar-refractivity contribution in [3.05, 3.63) is 24.3 Å². The van der Waals surface area contributed by atoms with Gasteiger partial charge >= 0.3 is 0 Å². The van der Waals surface area contributed by atoms with Crippen LogP contribution in [0.4, 0.5) is 0 Å². The zero-order chi connectivity index (χ0) is 10.1. The summed E-state index contributed by atoms with van der Waals surface area (Å²) >= 11 is 0. The second-order valence-electron chi connectivity index (χ2n) is 2.67. The number of rotatable bonds is 2. The summed E-state index contributed by atoms with van der Waals surface area (Å²) < 4.78 is 4.79. The first-order chi connectivity index (χ1) is 6.26. The van der Waals surface area contributed by atoms with Crippen molar-refractivity contribution >= 4 is 0 Å². The maximum atomic E-state index is 8.99. The molecule has 0 aliphatic rings. The van der Waals surface area contributed by atoms with Crippen LogP contribution in [0.15, 0.2) is 24.3 Å². The van der Waals surface area contributed by atoms with E-state index in [1.165, 1.54) is 20.0 Å². The fraction of sp³-hybridized carbons (Fsp3) is 0.455. The van der Waals surface area contributed by atoms with E-state index in [0.717, 1.165) is 0 Å². The Morgan fingerprint density at radius 1 is 1.15 bits per heavy atom. The van der Waals surface area contributed by atoms with Crippen molar-refractivity contribution in [3.63, 3.8) is 0 Å². The molecule has 1 aromatic rings. The average Bonchev–Trinajstić information content (AvgIpc) is 2.19. The average molecular weight is 182 g/mol. The standard InChI is InChI=1S/C7H8O2.C4H10/c1-9-7-5-3-2-4-6(7)8;1-3-4-2/h2-5,8H,1H3;3-4H2,1-2H3. The molecule has 0 saturated heterocycles. The number of phenols is 1. The van der Waals surface area contributed by atoms with Gasteiger partial charge in [0.15, 0.2) is 11.5 Å². The first-order valence-electron chi connectivity index (χ1n) is 4.58. The molecule has 0 aliphatic carbocycles. The van der Waals surface area contributed by atoms with Crippen molar-refractivity contribution in [3.8, 4) is 11.5 Å². The highest BCUT2D eigenvalue weighted by atomic mass is 16.5. The van der Waals surface area contributed by atoms with Crippen LogP contribution in [0.25, 0.3) is 0 Å². The molecule has 13 heavy (non-hydrogen) atoms. The molecule has 1 rings (SSSR count). The minimum Gasteiger partial charge on any atom is -0.504 e. The number of ether oxygens (including phenoxy) is 1. The summed E-state index contributed by atoms with van der Waals surface area (Å²) in [6, 6.07) is 6.84. The molecule has 0 radical (unpaired) electrons. The Kier molecular flexibility index (Phi) is 6.79. The van der Waals surface area contributed by atoms with Gasteiger partial charge in [-0.05, 0) is 12.1 Å². The lowest BCUT2D eigenvalue weighted by molar-refractivity contribution is 0.373. The van der Waals surface area contributed by atoms with Crippen molar-refractivity contribution in [1.29, 1.82) is 0 Å². The summed E-state index contributed by atoms with van der Waals surface area (Å²) in [6.07, 6.45) is 2.64. The summed E-state index contributed by atoms with van der Waals surface area (Å²) in [6.45, 7) is 4.36. The van der Waals surface area contributed by atoms with E-state index in [9.17, 15) is 0 Å². The Bertz CT molecular complexity index is 219. The van der Waals surface area contributed by atoms with E-state index in [1.807, 2.05) is 0 Å². The molecule has 74 valence electrons. The lowest BCUT2D eigenvalue weighted by Crippen LogP contribution is -1.80. The second-order valence-corrected chi connectivity index (χ2v) is 2.67. The summed E-state index contributed by atoms with van der Waals surface area (Å²) in [5.41, 5.74) is 0. The molecule has 2 heteroatoms. The van der Waals surface area contributed by atoms with Gasteiger partial charge in [-0.1, -0.05) is 38.8 Å². The van der Waals surface area contributed by atoms with Gasteiger partial charge in [0, 0.05) is 0 Å². The van der Waals surface area contributed by atoms with Crippen LogP contribution in [0.1, 0.15) is 26.7 Å². The monoisotopic (exact) mass is 182 g/mol. The first-order valence-corrected chi connectivity index (χ1v) is 4.58. The van der Waals surface area contributed by atoms with E-state index in [-0.39, 0.29) is 5.75 Å². The molecule has 2 nitrogen and oxygen atoms in total. The van der Waals surface area contributed by atoms with Crippen LogP contribution >= 0.6 is 0 Å². The smallest absolute Gasteiger partial charge is 0.160 e. The summed E-state index contributed by atoms with van der Waals surface area (Å²) in [7, 11) is 1.52. The topological polar surface area (TPSA) is 29.5 Å². The summed E-state index contributed by atoms with van der Waals surface area (Å²) in [5, 5.41) is 8.99. The third kappa shape index (κ3) is 5.12. The highest BCUT2D eigenvalue weighted by Gasteiger charge is 1.94. The van der Waals surface area contributed by atoms with Crippen LogP contribution in [-0.2, 0) is 0 Å². The number of methoxy groups -OCH3 is 1. The Labute approximate surface area is 80.2 Å². The van der Waals surface area contributed by atoms with E-state index in [4.69, 9.17) is 9.84 Å². The molecule has 0 spiro atoms. The van der Waals surface area contributed by atoms with Gasteiger partial charge in [0.2, 0.25) is 0 Å². The molecule has 0 unspecified atom stereocenters. The van der Waals surface area contributed by atoms with Gasteiger partial charge < -0.3 is 9.84 Å². The SMILES string of the molecule is CCCC.COc1ccccc1O. The van der Waals surface area contributed by atoms with E-state index < -0.39 is 0 Å². The number of aromatic hydroxyl groups is 1. The number of hydrogen-bond acceptors (Lipinski definition) is 2. The van der Waals surface area contributed by atoms with Crippen molar-refractivity contribution < 1.29 is 9.84 Å².